The topological polar surface area (TPSA) is 122 Å². The summed E-state index contributed by atoms with van der Waals surface area (Å²) in [5.74, 6) is 1.55. The van der Waals surface area contributed by atoms with Crippen molar-refractivity contribution in [2.45, 2.75) is 57.2 Å². The van der Waals surface area contributed by atoms with Gasteiger partial charge in [0.05, 0.1) is 19.1 Å². The van der Waals surface area contributed by atoms with Crippen molar-refractivity contribution in [3.8, 4) is 11.7 Å². The summed E-state index contributed by atoms with van der Waals surface area (Å²) < 4.78 is 7.53. The number of pyridine rings is 1. The number of imidazole rings is 1. The van der Waals surface area contributed by atoms with E-state index < -0.39 is 22.8 Å². The molecule has 0 spiro atoms. The van der Waals surface area contributed by atoms with Crippen molar-refractivity contribution in [2.75, 3.05) is 12.9 Å². The van der Waals surface area contributed by atoms with Gasteiger partial charge in [-0.1, -0.05) is 26.6 Å². The zero-order valence-electron chi connectivity index (χ0n) is 20.8. The summed E-state index contributed by atoms with van der Waals surface area (Å²) in [5.41, 5.74) is 10.2. The van der Waals surface area contributed by atoms with Crippen molar-refractivity contribution < 1.29 is 24.0 Å². The fourth-order valence-electron chi connectivity index (χ4n) is 4.79. The molecule has 0 saturated heterocycles. The van der Waals surface area contributed by atoms with Gasteiger partial charge in [0.1, 0.15) is 23.0 Å². The molecule has 0 amide bonds. The average Bonchev–Trinajstić information content (AvgIpc) is 3.28. The Kier molecular flexibility index (Phi) is 6.67. The minimum absolute atomic E-state index is 0.215. The Hall–Kier alpha value is -2.56. The number of carbonyl (C=O) groups is 2. The predicted octanol–water partition coefficient (Wildman–Crippen LogP) is 3.59. The Morgan fingerprint density at radius 3 is 2.51 bits per heavy atom. The van der Waals surface area contributed by atoms with Gasteiger partial charge in [0.2, 0.25) is 0 Å². The van der Waals surface area contributed by atoms with E-state index in [1.807, 2.05) is 57.5 Å². The van der Waals surface area contributed by atoms with Crippen LogP contribution in [0, 0.1) is 6.92 Å². The van der Waals surface area contributed by atoms with Crippen LogP contribution < -0.4 is 15.0 Å². The third-order valence-corrected chi connectivity index (χ3v) is 9.17. The highest BCUT2D eigenvalue weighted by atomic mass is 33.1. The smallest absolute Gasteiger partial charge is 0.402 e. The fourth-order valence-corrected chi connectivity index (χ4v) is 7.03. The maximum Gasteiger partial charge on any atom is 0.402 e. The Morgan fingerprint density at radius 2 is 1.89 bits per heavy atom. The van der Waals surface area contributed by atoms with Gasteiger partial charge in [-0.3, -0.25) is 9.59 Å². The van der Waals surface area contributed by atoms with Gasteiger partial charge in [0.25, 0.3) is 0 Å². The number of aromatic amines is 1. The molecule has 4 rings (SSSR count). The lowest BCUT2D eigenvalue weighted by atomic mass is 9.80. The lowest BCUT2D eigenvalue weighted by Crippen LogP contribution is -2.37. The number of carboxylic acid groups (broad SMARTS) is 1. The molecular weight excluding hydrogens is 484 g/mol. The first kappa shape index (κ1) is 25.5. The van der Waals surface area contributed by atoms with Gasteiger partial charge in [-0.25, -0.2) is 9.55 Å². The van der Waals surface area contributed by atoms with Gasteiger partial charge in [0, 0.05) is 28.2 Å². The number of nitrogens with zero attached hydrogens (tertiary/aromatic N) is 2. The summed E-state index contributed by atoms with van der Waals surface area (Å²) in [7, 11) is 4.60. The van der Waals surface area contributed by atoms with Crippen LogP contribution in [0.1, 0.15) is 50.1 Å². The zero-order chi connectivity index (χ0) is 25.7. The van der Waals surface area contributed by atoms with Gasteiger partial charge < -0.3 is 15.6 Å². The third-order valence-electron chi connectivity index (χ3n) is 6.85. The molecule has 1 aromatic carbocycles. The molecule has 0 unspecified atom stereocenters. The molecule has 10 heteroatoms. The van der Waals surface area contributed by atoms with Crippen LogP contribution in [0.5, 0.6) is 5.75 Å². The number of nitrogens with two attached hydrogens (primary N) is 1. The highest BCUT2D eigenvalue weighted by molar-refractivity contribution is 8.76. The molecule has 1 atom stereocenters. The molecule has 1 aliphatic carbocycles. The standard InChI is InChI=1S/C25H30N4O4S2/c1-13-19(12-35-34-11-16(26)21(30)31)29(8-7-20(13)33-6)23-27-17-9-14-15(10-18(17)28-23)25(4,5)22(32)24(14,2)3/h7-10,16H,11-12,26H2,1-6H3,(H-,27,28,30,31)/p+1/t16-/m0/s1. The summed E-state index contributed by atoms with van der Waals surface area (Å²) in [4.78, 5) is 32.4. The van der Waals surface area contributed by atoms with Gasteiger partial charge in [-0.15, -0.1) is 0 Å². The summed E-state index contributed by atoms with van der Waals surface area (Å²) in [6.45, 7) is 9.92. The van der Waals surface area contributed by atoms with Crippen molar-refractivity contribution >= 4 is 44.4 Å². The number of H-pyrrole nitrogens is 1. The van der Waals surface area contributed by atoms with Crippen LogP contribution >= 0.6 is 21.6 Å². The van der Waals surface area contributed by atoms with Crippen molar-refractivity contribution in [1.82, 2.24) is 9.97 Å². The Morgan fingerprint density at radius 1 is 1.23 bits per heavy atom. The number of nitrogens with one attached hydrogen (secondary N) is 1. The average molecular weight is 516 g/mol. The molecule has 2 heterocycles. The number of hydrogen-bond acceptors (Lipinski definition) is 7. The molecule has 0 bridgehead atoms. The SMILES string of the molecule is COc1cc[n+](-c2nc3cc4c(cc3[nH]2)C(C)(C)C(=O)C4(C)C)c(CSSC[C@H](N)C(=O)O)c1C. The van der Waals surface area contributed by atoms with Crippen LogP contribution in [0.4, 0.5) is 0 Å². The minimum Gasteiger partial charge on any atom is -0.496 e. The summed E-state index contributed by atoms with van der Waals surface area (Å²) in [5, 5.41) is 9.01. The van der Waals surface area contributed by atoms with Crippen molar-refractivity contribution in [3.63, 3.8) is 0 Å². The highest BCUT2D eigenvalue weighted by Crippen LogP contribution is 2.47. The van der Waals surface area contributed by atoms with Crippen LogP contribution in [-0.2, 0) is 26.2 Å². The number of fused-ring (bicyclic) bond motifs is 2. The molecule has 2 aromatic heterocycles. The molecule has 0 saturated carbocycles. The molecule has 0 aliphatic heterocycles. The summed E-state index contributed by atoms with van der Waals surface area (Å²) >= 11 is 0. The lowest BCUT2D eigenvalue weighted by molar-refractivity contribution is -0.610. The summed E-state index contributed by atoms with van der Waals surface area (Å²) in [6.07, 6.45) is 1.91. The van der Waals surface area contributed by atoms with Gasteiger partial charge in [-0.2, -0.15) is 0 Å². The van der Waals surface area contributed by atoms with E-state index in [4.69, 9.17) is 20.6 Å². The number of methoxy groups -OCH3 is 1. The number of aliphatic carboxylic acids is 1. The molecule has 4 N–H and O–H groups in total. The number of benzene rings is 1. The Labute approximate surface area is 212 Å². The largest absolute Gasteiger partial charge is 0.496 e. The first-order valence-corrected chi connectivity index (χ1v) is 13.8. The molecule has 8 nitrogen and oxygen atoms in total. The molecule has 1 aliphatic rings. The Bertz CT molecular complexity index is 1280. The van der Waals surface area contributed by atoms with E-state index in [1.54, 1.807) is 7.11 Å². The van der Waals surface area contributed by atoms with Gasteiger partial charge in [-0.05, 0) is 57.9 Å². The van der Waals surface area contributed by atoms with E-state index in [1.165, 1.54) is 21.6 Å². The molecule has 35 heavy (non-hydrogen) atoms. The number of rotatable bonds is 8. The monoisotopic (exact) mass is 515 g/mol. The second kappa shape index (κ2) is 9.15. The third kappa shape index (κ3) is 4.32. The first-order valence-electron chi connectivity index (χ1n) is 11.3. The molecule has 0 radical (unpaired) electrons. The number of ether oxygens (including phenoxy) is 1. The fraction of sp³-hybridized carbons (Fsp3) is 0.440. The highest BCUT2D eigenvalue weighted by Gasteiger charge is 2.50. The second-order valence-electron chi connectivity index (χ2n) is 9.87. The van der Waals surface area contributed by atoms with Gasteiger partial charge in [0.15, 0.2) is 11.3 Å². The van der Waals surface area contributed by atoms with Crippen molar-refractivity contribution in [1.29, 1.82) is 0 Å². The maximum atomic E-state index is 13.1. The van der Waals surface area contributed by atoms with Crippen molar-refractivity contribution in [2.24, 2.45) is 5.73 Å². The van der Waals surface area contributed by atoms with Crippen molar-refractivity contribution in [3.05, 3.63) is 46.8 Å². The van der Waals surface area contributed by atoms with E-state index in [0.29, 0.717) is 17.5 Å². The molecule has 3 aromatic rings. The maximum absolute atomic E-state index is 13.1. The van der Waals surface area contributed by atoms with E-state index in [9.17, 15) is 9.59 Å². The van der Waals surface area contributed by atoms with Crippen LogP contribution in [0.25, 0.3) is 17.0 Å². The quantitative estimate of drug-likeness (QED) is 0.236. The zero-order valence-corrected chi connectivity index (χ0v) is 22.4. The molecular formula is C25H31N4O4S2+. The van der Waals surface area contributed by atoms with Crippen LogP contribution in [-0.4, -0.2) is 45.7 Å². The lowest BCUT2D eigenvalue weighted by Gasteiger charge is -2.21. The van der Waals surface area contributed by atoms with Gasteiger partial charge >= 0.3 is 11.9 Å². The van der Waals surface area contributed by atoms with E-state index in [2.05, 4.69) is 11.1 Å². The first-order chi connectivity index (χ1) is 16.4. The van der Waals surface area contributed by atoms with Crippen LogP contribution in [0.2, 0.25) is 0 Å². The van der Waals surface area contributed by atoms with Crippen LogP contribution in [0.15, 0.2) is 24.4 Å². The minimum atomic E-state index is -1.01. The normalized spacial score (nSPS) is 16.9. The molecule has 0 fully saturated rings. The van der Waals surface area contributed by atoms with E-state index in [0.717, 1.165) is 39.2 Å². The predicted molar refractivity (Wildman–Crippen MR) is 139 cm³/mol. The second-order valence-corrected chi connectivity index (χ2v) is 12.4. The van der Waals surface area contributed by atoms with E-state index in [-0.39, 0.29) is 5.78 Å². The van der Waals surface area contributed by atoms with Crippen LogP contribution in [0.3, 0.4) is 0 Å². The number of Topliss-reactive ketones (excluding diaryl/α,β-unsaturated/α-hetero) is 1. The number of ketones is 1. The number of aromatic nitrogens is 3. The number of hydrogen-bond donors (Lipinski definition) is 3. The molecule has 186 valence electrons. The Balaban J connectivity index is 1.72. The van der Waals surface area contributed by atoms with E-state index >= 15 is 0 Å². The number of carbonyl (C=O) groups excluding carboxylic acids is 1. The number of carboxylic acids is 1. The summed E-state index contributed by atoms with van der Waals surface area (Å²) in [6, 6.07) is 5.09.